The van der Waals surface area contributed by atoms with Crippen LogP contribution < -0.4 is 4.74 Å². The van der Waals surface area contributed by atoms with Gasteiger partial charge in [-0.2, -0.15) is 5.26 Å². The van der Waals surface area contributed by atoms with Gasteiger partial charge >= 0.3 is 0 Å². The van der Waals surface area contributed by atoms with Gasteiger partial charge in [0.2, 0.25) is 0 Å². The van der Waals surface area contributed by atoms with E-state index in [-0.39, 0.29) is 11.3 Å². The van der Waals surface area contributed by atoms with Crippen LogP contribution in [0.4, 0.5) is 4.39 Å². The van der Waals surface area contributed by atoms with Crippen LogP contribution in [0.2, 0.25) is 5.02 Å². The number of fused-ring (bicyclic) bond motifs is 1. The lowest BCUT2D eigenvalue weighted by molar-refractivity contribution is 0.286. The van der Waals surface area contributed by atoms with E-state index in [1.165, 1.54) is 18.2 Å². The van der Waals surface area contributed by atoms with Crippen molar-refractivity contribution in [2.45, 2.75) is 12.8 Å². The number of nitrogens with zero attached hydrogens (tertiary/aromatic N) is 1. The number of phenolic OH excluding ortho intramolecular Hbond substituents is 1. The zero-order valence-electron chi connectivity index (χ0n) is 11.0. The van der Waals surface area contributed by atoms with Crippen molar-refractivity contribution in [3.63, 3.8) is 0 Å². The first-order chi connectivity index (χ1) is 10.1. The van der Waals surface area contributed by atoms with Crippen LogP contribution in [-0.4, -0.2) is 11.7 Å². The third-order valence-corrected chi connectivity index (χ3v) is 3.68. The summed E-state index contributed by atoms with van der Waals surface area (Å²) in [6.45, 7) is 0.464. The molecule has 0 fully saturated rings. The molecule has 1 aliphatic heterocycles. The molecule has 1 N–H and O–H groups in total. The van der Waals surface area contributed by atoms with Gasteiger partial charge in [0.15, 0.2) is 0 Å². The maximum absolute atomic E-state index is 14.1. The second kappa shape index (κ2) is 5.27. The minimum absolute atomic E-state index is 0.00717. The molecule has 5 heteroatoms. The maximum Gasteiger partial charge on any atom is 0.145 e. The molecule has 0 atom stereocenters. The molecule has 21 heavy (non-hydrogen) atoms. The molecule has 3 nitrogen and oxygen atoms in total. The molecule has 1 heterocycles. The van der Waals surface area contributed by atoms with Gasteiger partial charge in [0, 0.05) is 10.6 Å². The summed E-state index contributed by atoms with van der Waals surface area (Å²) in [6, 6.07) is 7.73. The van der Waals surface area contributed by atoms with Gasteiger partial charge in [-0.25, -0.2) is 4.39 Å². The van der Waals surface area contributed by atoms with E-state index < -0.39 is 5.82 Å². The fraction of sp³-hybridized carbons (Fsp3) is 0.188. The first-order valence-corrected chi connectivity index (χ1v) is 6.86. The molecule has 2 aromatic rings. The molecule has 0 radical (unpaired) electrons. The summed E-state index contributed by atoms with van der Waals surface area (Å²) < 4.78 is 19.6. The van der Waals surface area contributed by atoms with Crippen molar-refractivity contribution in [2.75, 3.05) is 6.61 Å². The maximum atomic E-state index is 14.1. The SMILES string of the molecule is N#Cc1c(F)cc(-c2cc(O)cc(Cl)c2)c2c1OCCC2. The summed E-state index contributed by atoms with van der Waals surface area (Å²) in [6.07, 6.45) is 1.48. The highest BCUT2D eigenvalue weighted by Crippen LogP contribution is 2.40. The highest BCUT2D eigenvalue weighted by Gasteiger charge is 2.23. The first-order valence-electron chi connectivity index (χ1n) is 6.48. The lowest BCUT2D eigenvalue weighted by atomic mass is 9.92. The summed E-state index contributed by atoms with van der Waals surface area (Å²) in [5.41, 5.74) is 1.91. The molecule has 3 rings (SSSR count). The Balaban J connectivity index is 2.28. The summed E-state index contributed by atoms with van der Waals surface area (Å²) in [5.74, 6) is -0.321. The van der Waals surface area contributed by atoms with Crippen molar-refractivity contribution in [1.29, 1.82) is 5.26 Å². The van der Waals surface area contributed by atoms with E-state index in [1.807, 2.05) is 6.07 Å². The Morgan fingerprint density at radius 3 is 2.81 bits per heavy atom. The fourth-order valence-electron chi connectivity index (χ4n) is 2.59. The van der Waals surface area contributed by atoms with E-state index >= 15 is 0 Å². The monoisotopic (exact) mass is 303 g/mol. The van der Waals surface area contributed by atoms with Crippen molar-refractivity contribution >= 4 is 11.6 Å². The van der Waals surface area contributed by atoms with Gasteiger partial charge in [-0.15, -0.1) is 0 Å². The van der Waals surface area contributed by atoms with Gasteiger partial charge in [-0.3, -0.25) is 0 Å². The largest absolute Gasteiger partial charge is 0.508 e. The predicted octanol–water partition coefficient (Wildman–Crippen LogP) is 4.05. The Labute approximate surface area is 126 Å². The molecule has 0 saturated carbocycles. The average Bonchev–Trinajstić information content (AvgIpc) is 2.45. The topological polar surface area (TPSA) is 53.2 Å². The van der Waals surface area contributed by atoms with Gasteiger partial charge in [0.25, 0.3) is 0 Å². The number of rotatable bonds is 1. The molecule has 0 bridgehead atoms. The third kappa shape index (κ3) is 2.41. The summed E-state index contributed by atoms with van der Waals surface area (Å²) >= 11 is 5.94. The Morgan fingerprint density at radius 1 is 1.29 bits per heavy atom. The second-order valence-electron chi connectivity index (χ2n) is 4.85. The molecular formula is C16H11ClFNO2. The number of ether oxygens (including phenoxy) is 1. The molecule has 0 amide bonds. The quantitative estimate of drug-likeness (QED) is 0.864. The molecule has 1 aliphatic rings. The third-order valence-electron chi connectivity index (χ3n) is 3.46. The molecular weight excluding hydrogens is 293 g/mol. The van der Waals surface area contributed by atoms with E-state index in [4.69, 9.17) is 21.6 Å². The van der Waals surface area contributed by atoms with Gasteiger partial charge < -0.3 is 9.84 Å². The number of hydrogen-bond donors (Lipinski definition) is 1. The highest BCUT2D eigenvalue weighted by atomic mass is 35.5. The van der Waals surface area contributed by atoms with Crippen LogP contribution >= 0.6 is 11.6 Å². The average molecular weight is 304 g/mol. The second-order valence-corrected chi connectivity index (χ2v) is 5.29. The van der Waals surface area contributed by atoms with Crippen LogP contribution in [0.3, 0.4) is 0 Å². The van der Waals surface area contributed by atoms with Crippen LogP contribution in [0, 0.1) is 17.1 Å². The van der Waals surface area contributed by atoms with Crippen LogP contribution in [0.1, 0.15) is 17.5 Å². The highest BCUT2D eigenvalue weighted by molar-refractivity contribution is 6.31. The zero-order chi connectivity index (χ0) is 15.0. The molecule has 0 aromatic heterocycles. The minimum Gasteiger partial charge on any atom is -0.508 e. The molecule has 0 unspecified atom stereocenters. The summed E-state index contributed by atoms with van der Waals surface area (Å²) in [5, 5.41) is 19.1. The number of benzene rings is 2. The first kappa shape index (κ1) is 13.7. The predicted molar refractivity (Wildman–Crippen MR) is 77.0 cm³/mol. The number of halogens is 2. The molecule has 106 valence electrons. The van der Waals surface area contributed by atoms with E-state index in [9.17, 15) is 9.50 Å². The van der Waals surface area contributed by atoms with Crippen LogP contribution in [0.25, 0.3) is 11.1 Å². The summed E-state index contributed by atoms with van der Waals surface area (Å²) in [7, 11) is 0. The number of aromatic hydroxyl groups is 1. The van der Waals surface area contributed by atoms with Gasteiger partial charge in [-0.05, 0) is 48.2 Å². The number of phenols is 1. The minimum atomic E-state index is -0.632. The summed E-state index contributed by atoms with van der Waals surface area (Å²) in [4.78, 5) is 0. The molecule has 0 aliphatic carbocycles. The Bertz CT molecular complexity index is 748. The lowest BCUT2D eigenvalue weighted by Gasteiger charge is -2.22. The van der Waals surface area contributed by atoms with Crippen molar-refractivity contribution < 1.29 is 14.2 Å². The zero-order valence-corrected chi connectivity index (χ0v) is 11.7. The Kier molecular flexibility index (Phi) is 3.44. The van der Waals surface area contributed by atoms with Crippen molar-refractivity contribution in [3.05, 3.63) is 46.2 Å². The Morgan fingerprint density at radius 2 is 2.10 bits per heavy atom. The number of hydrogen-bond acceptors (Lipinski definition) is 3. The van der Waals surface area contributed by atoms with Gasteiger partial charge in [0.05, 0.1) is 6.61 Å². The molecule has 0 spiro atoms. The standard InChI is InChI=1S/C16H11ClFNO2/c17-10-4-9(5-11(20)6-10)13-7-15(18)14(8-19)16-12(13)2-1-3-21-16/h4-7,20H,1-3H2. The number of nitriles is 1. The smallest absolute Gasteiger partial charge is 0.145 e. The van der Waals surface area contributed by atoms with Gasteiger partial charge in [0.1, 0.15) is 28.9 Å². The van der Waals surface area contributed by atoms with Crippen molar-refractivity contribution in [2.24, 2.45) is 0 Å². The molecule has 2 aromatic carbocycles. The van der Waals surface area contributed by atoms with Crippen LogP contribution in [-0.2, 0) is 6.42 Å². The van der Waals surface area contributed by atoms with E-state index in [2.05, 4.69) is 0 Å². The normalized spacial score (nSPS) is 13.2. The van der Waals surface area contributed by atoms with Crippen LogP contribution in [0.15, 0.2) is 24.3 Å². The van der Waals surface area contributed by atoms with E-state index in [0.717, 1.165) is 12.0 Å². The van der Waals surface area contributed by atoms with E-state index in [1.54, 1.807) is 6.07 Å². The van der Waals surface area contributed by atoms with Crippen LogP contribution in [0.5, 0.6) is 11.5 Å². The van der Waals surface area contributed by atoms with E-state index in [0.29, 0.717) is 34.9 Å². The van der Waals surface area contributed by atoms with Gasteiger partial charge in [-0.1, -0.05) is 11.6 Å². The Hall–Kier alpha value is -2.25. The fourth-order valence-corrected chi connectivity index (χ4v) is 2.82. The van der Waals surface area contributed by atoms with Crippen molar-refractivity contribution in [1.82, 2.24) is 0 Å². The molecule has 0 saturated heterocycles. The lowest BCUT2D eigenvalue weighted by Crippen LogP contribution is -2.12. The van der Waals surface area contributed by atoms with Crippen molar-refractivity contribution in [3.8, 4) is 28.7 Å².